The Hall–Kier alpha value is -0.485. The Balaban J connectivity index is 1.94. The summed E-state index contributed by atoms with van der Waals surface area (Å²) >= 11 is 0. The van der Waals surface area contributed by atoms with Gasteiger partial charge in [0, 0.05) is 12.8 Å². The van der Waals surface area contributed by atoms with Gasteiger partial charge in [0.05, 0.1) is 13.2 Å². The first kappa shape index (κ1) is 11.0. The molecule has 86 valence electrons. The van der Waals surface area contributed by atoms with Crippen LogP contribution in [0.3, 0.4) is 0 Å². The Morgan fingerprint density at radius 1 is 1.07 bits per heavy atom. The lowest BCUT2D eigenvalue weighted by Crippen LogP contribution is -2.33. The topological polar surface area (TPSA) is 18.5 Å². The number of halogens is 3. The smallest absolute Gasteiger partial charge is 0.445 e. The molecular weight excluding hydrogens is 208 g/mol. The van der Waals surface area contributed by atoms with Crippen LogP contribution in [0, 0.1) is 0 Å². The largest absolute Gasteiger partial charge is 0.502 e. The predicted octanol–water partition coefficient (Wildman–Crippen LogP) is 2.62. The molecule has 0 unspecified atom stereocenters. The first-order valence-corrected chi connectivity index (χ1v) is 5.18. The van der Waals surface area contributed by atoms with E-state index in [-0.39, 0.29) is 0 Å². The van der Waals surface area contributed by atoms with Crippen molar-refractivity contribution >= 4 is 6.98 Å². The van der Waals surface area contributed by atoms with E-state index in [4.69, 9.17) is 9.47 Å². The summed E-state index contributed by atoms with van der Waals surface area (Å²) in [7, 11) is 0. The van der Waals surface area contributed by atoms with E-state index in [0.29, 0.717) is 50.4 Å². The van der Waals surface area contributed by atoms with Crippen LogP contribution in [-0.4, -0.2) is 26.0 Å². The van der Waals surface area contributed by atoms with Crippen LogP contribution >= 0.6 is 0 Å². The monoisotopic (exact) mass is 221 g/mol. The maximum absolute atomic E-state index is 12.1. The van der Waals surface area contributed by atoms with E-state index in [1.165, 1.54) is 0 Å². The quantitative estimate of drug-likeness (QED) is 0.633. The van der Waals surface area contributed by atoms with Gasteiger partial charge in [-0.1, -0.05) is 0 Å². The minimum atomic E-state index is -4.80. The minimum absolute atomic E-state index is 0.432. The van der Waals surface area contributed by atoms with E-state index < -0.39 is 12.8 Å². The first-order valence-electron chi connectivity index (χ1n) is 5.18. The van der Waals surface area contributed by atoms with Crippen molar-refractivity contribution in [3.05, 3.63) is 11.5 Å². The average Bonchev–Trinajstić information content (AvgIpc) is 2.56. The zero-order valence-electron chi connectivity index (χ0n) is 8.35. The SMILES string of the molecule is F[B-](F)(F)C=C1CCC2(CC1)OCCO2. The van der Waals surface area contributed by atoms with Gasteiger partial charge in [0.1, 0.15) is 0 Å². The van der Waals surface area contributed by atoms with Gasteiger partial charge in [-0.2, -0.15) is 0 Å². The van der Waals surface area contributed by atoms with Gasteiger partial charge in [-0.15, -0.1) is 11.5 Å². The molecule has 2 aliphatic rings. The van der Waals surface area contributed by atoms with Gasteiger partial charge in [0.15, 0.2) is 5.79 Å². The van der Waals surface area contributed by atoms with E-state index in [2.05, 4.69) is 0 Å². The number of hydrogen-bond acceptors (Lipinski definition) is 2. The van der Waals surface area contributed by atoms with E-state index in [0.717, 1.165) is 0 Å². The second-order valence-corrected chi connectivity index (χ2v) is 4.06. The molecule has 1 spiro atoms. The van der Waals surface area contributed by atoms with Crippen molar-refractivity contribution in [1.82, 2.24) is 0 Å². The molecule has 0 radical (unpaired) electrons. The summed E-state index contributed by atoms with van der Waals surface area (Å²) in [5.41, 5.74) is 0.479. The molecule has 0 bridgehead atoms. The lowest BCUT2D eigenvalue weighted by molar-refractivity contribution is -0.171. The zero-order chi connectivity index (χ0) is 10.9. The highest BCUT2D eigenvalue weighted by atomic mass is 19.4. The summed E-state index contributed by atoms with van der Waals surface area (Å²) in [5.74, 6) is -0.0995. The molecule has 6 heteroatoms. The average molecular weight is 221 g/mol. The molecule has 1 saturated carbocycles. The van der Waals surface area contributed by atoms with Crippen molar-refractivity contribution in [2.45, 2.75) is 31.5 Å². The van der Waals surface area contributed by atoms with Crippen LogP contribution in [0.1, 0.15) is 25.7 Å². The highest BCUT2D eigenvalue weighted by Crippen LogP contribution is 2.38. The van der Waals surface area contributed by atoms with E-state index >= 15 is 0 Å². The lowest BCUT2D eigenvalue weighted by Gasteiger charge is -2.33. The van der Waals surface area contributed by atoms with Crippen LogP contribution in [0.4, 0.5) is 12.9 Å². The summed E-state index contributed by atoms with van der Waals surface area (Å²) < 4.78 is 47.3. The van der Waals surface area contributed by atoms with Crippen molar-refractivity contribution in [1.29, 1.82) is 0 Å². The molecule has 0 N–H and O–H groups in total. The fourth-order valence-electron chi connectivity index (χ4n) is 2.17. The number of hydrogen-bond donors (Lipinski definition) is 0. The molecule has 1 heterocycles. The number of rotatable bonds is 1. The van der Waals surface area contributed by atoms with Crippen LogP contribution in [0.25, 0.3) is 0 Å². The maximum Gasteiger partial charge on any atom is 0.502 e. The molecule has 1 aliphatic heterocycles. The highest BCUT2D eigenvalue weighted by molar-refractivity contribution is 6.64. The van der Waals surface area contributed by atoms with Crippen LogP contribution in [0.5, 0.6) is 0 Å². The van der Waals surface area contributed by atoms with Crippen molar-refractivity contribution in [3.8, 4) is 0 Å². The Kier molecular flexibility index (Phi) is 2.81. The second-order valence-electron chi connectivity index (χ2n) is 4.06. The maximum atomic E-state index is 12.1. The Morgan fingerprint density at radius 2 is 1.60 bits per heavy atom. The third-order valence-electron chi connectivity index (χ3n) is 2.89. The normalized spacial score (nSPS) is 25.9. The van der Waals surface area contributed by atoms with Crippen LogP contribution in [0.15, 0.2) is 11.5 Å². The molecule has 0 amide bonds. The van der Waals surface area contributed by atoms with E-state index in [9.17, 15) is 12.9 Å². The van der Waals surface area contributed by atoms with Gasteiger partial charge in [0.25, 0.3) is 0 Å². The van der Waals surface area contributed by atoms with Crippen LogP contribution < -0.4 is 0 Å². The van der Waals surface area contributed by atoms with Crippen LogP contribution in [0.2, 0.25) is 0 Å². The Bertz CT molecular complexity index is 257. The third kappa shape index (κ3) is 2.75. The fourth-order valence-corrected chi connectivity index (χ4v) is 2.17. The molecule has 0 aromatic rings. The van der Waals surface area contributed by atoms with Gasteiger partial charge < -0.3 is 22.4 Å². The molecule has 2 rings (SSSR count). The van der Waals surface area contributed by atoms with E-state index in [1.807, 2.05) is 0 Å². The number of allylic oxidation sites excluding steroid dienone is 1. The van der Waals surface area contributed by atoms with Crippen LogP contribution in [-0.2, 0) is 9.47 Å². The molecule has 0 aromatic heterocycles. The summed E-state index contributed by atoms with van der Waals surface area (Å²) in [6, 6.07) is 0. The first-order chi connectivity index (χ1) is 6.99. The van der Waals surface area contributed by atoms with E-state index in [1.54, 1.807) is 0 Å². The van der Waals surface area contributed by atoms with Gasteiger partial charge in [-0.3, -0.25) is 0 Å². The molecule has 0 atom stereocenters. The predicted molar refractivity (Wildman–Crippen MR) is 50.3 cm³/mol. The summed E-state index contributed by atoms with van der Waals surface area (Å²) in [6.45, 7) is -3.69. The standard InChI is InChI=1S/C9H13BF3O2/c11-10(12,13)7-8-1-3-9(4-2-8)14-5-6-15-9/h7H,1-6H2/q-1. The summed E-state index contributed by atoms with van der Waals surface area (Å²) in [4.78, 5) is 0. The minimum Gasteiger partial charge on any atom is -0.445 e. The van der Waals surface area contributed by atoms with Crippen molar-refractivity contribution < 1.29 is 22.4 Å². The second kappa shape index (κ2) is 3.83. The Labute approximate surface area is 86.5 Å². The summed E-state index contributed by atoms with van der Waals surface area (Å²) in [6.07, 6.45) is 1.96. The molecule has 2 nitrogen and oxygen atoms in total. The van der Waals surface area contributed by atoms with Gasteiger partial charge in [-0.25, -0.2) is 0 Å². The molecular formula is C9H13BF3O2-. The van der Waals surface area contributed by atoms with Crippen molar-refractivity contribution in [3.63, 3.8) is 0 Å². The third-order valence-corrected chi connectivity index (χ3v) is 2.89. The zero-order valence-corrected chi connectivity index (χ0v) is 8.35. The van der Waals surface area contributed by atoms with Crippen molar-refractivity contribution in [2.24, 2.45) is 0 Å². The Morgan fingerprint density at radius 3 is 2.07 bits per heavy atom. The van der Waals surface area contributed by atoms with Crippen molar-refractivity contribution in [2.75, 3.05) is 13.2 Å². The van der Waals surface area contributed by atoms with Gasteiger partial charge in [-0.05, 0) is 12.8 Å². The number of ether oxygens (including phenoxy) is 2. The molecule has 2 fully saturated rings. The fraction of sp³-hybridized carbons (Fsp3) is 0.778. The highest BCUT2D eigenvalue weighted by Gasteiger charge is 2.39. The molecule has 0 aromatic carbocycles. The van der Waals surface area contributed by atoms with Gasteiger partial charge >= 0.3 is 6.98 Å². The summed E-state index contributed by atoms with van der Waals surface area (Å²) in [5, 5.41) is 0. The molecule has 1 saturated heterocycles. The van der Waals surface area contributed by atoms with Gasteiger partial charge in [0.2, 0.25) is 0 Å². The lowest BCUT2D eigenvalue weighted by atomic mass is 9.81. The molecule has 15 heavy (non-hydrogen) atoms. The molecule has 1 aliphatic carbocycles.